The Balaban J connectivity index is 2.79. The second kappa shape index (κ2) is 5.76. The fourth-order valence-corrected chi connectivity index (χ4v) is 2.34. The van der Waals surface area contributed by atoms with Crippen molar-refractivity contribution in [3.8, 4) is 0 Å². The summed E-state index contributed by atoms with van der Waals surface area (Å²) >= 11 is 9.40. The van der Waals surface area contributed by atoms with Crippen LogP contribution in [-0.2, 0) is 0 Å². The first-order chi connectivity index (χ1) is 7.04. The van der Waals surface area contributed by atoms with Crippen LogP contribution in [0.1, 0.15) is 27.2 Å². The summed E-state index contributed by atoms with van der Waals surface area (Å²) in [6.45, 7) is 6.65. The molecule has 0 radical (unpaired) electrons. The van der Waals surface area contributed by atoms with E-state index in [2.05, 4.69) is 42.0 Å². The van der Waals surface area contributed by atoms with E-state index in [0.29, 0.717) is 12.0 Å². The zero-order chi connectivity index (χ0) is 11.4. The Morgan fingerprint density at radius 1 is 1.40 bits per heavy atom. The molecule has 1 atom stereocenters. The molecule has 0 amide bonds. The lowest BCUT2D eigenvalue weighted by Gasteiger charge is -2.22. The summed E-state index contributed by atoms with van der Waals surface area (Å²) in [5.74, 6) is 0.623. The summed E-state index contributed by atoms with van der Waals surface area (Å²) in [7, 11) is 0. The number of halogens is 2. The van der Waals surface area contributed by atoms with Gasteiger partial charge in [-0.3, -0.25) is 0 Å². The van der Waals surface area contributed by atoms with Crippen LogP contribution in [0, 0.1) is 5.92 Å². The van der Waals surface area contributed by atoms with E-state index in [-0.39, 0.29) is 0 Å². The Bertz CT molecular complexity index is 325. The van der Waals surface area contributed by atoms with Gasteiger partial charge in [-0.2, -0.15) is 0 Å². The van der Waals surface area contributed by atoms with Gasteiger partial charge in [-0.25, -0.2) is 0 Å². The van der Waals surface area contributed by atoms with Gasteiger partial charge in [0.2, 0.25) is 0 Å². The molecule has 0 saturated carbocycles. The first-order valence-corrected chi connectivity index (χ1v) is 6.43. The average molecular weight is 291 g/mol. The Morgan fingerprint density at radius 2 is 2.07 bits per heavy atom. The van der Waals surface area contributed by atoms with Crippen LogP contribution in [-0.4, -0.2) is 6.04 Å². The molecule has 1 unspecified atom stereocenters. The summed E-state index contributed by atoms with van der Waals surface area (Å²) in [4.78, 5) is 0. The topological polar surface area (TPSA) is 12.0 Å². The molecule has 0 spiro atoms. The van der Waals surface area contributed by atoms with Gasteiger partial charge in [0.15, 0.2) is 0 Å². The highest BCUT2D eigenvalue weighted by atomic mass is 79.9. The smallest absolute Gasteiger partial charge is 0.0487 e. The average Bonchev–Trinajstić information content (AvgIpc) is 2.16. The minimum atomic E-state index is 0.502. The van der Waals surface area contributed by atoms with E-state index >= 15 is 0 Å². The third-order valence-electron chi connectivity index (χ3n) is 2.52. The Kier molecular flexibility index (Phi) is 4.94. The first kappa shape index (κ1) is 12.9. The molecule has 0 fully saturated rings. The van der Waals surface area contributed by atoms with Crippen LogP contribution in [0.3, 0.4) is 0 Å². The van der Waals surface area contributed by atoms with Gasteiger partial charge < -0.3 is 5.32 Å². The molecule has 15 heavy (non-hydrogen) atoms. The van der Waals surface area contributed by atoms with Crippen LogP contribution in [0.15, 0.2) is 22.7 Å². The number of nitrogens with one attached hydrogen (secondary N) is 1. The molecule has 1 aromatic rings. The molecule has 0 aromatic heterocycles. The standard InChI is InChI=1S/C12H17BrClN/c1-4-11(8(2)3)15-12-6-5-9(14)7-10(12)13/h5-8,11,15H,4H2,1-3H3. The second-order valence-corrected chi connectivity index (χ2v) is 5.32. The van der Waals surface area contributed by atoms with Crippen LogP contribution >= 0.6 is 27.5 Å². The van der Waals surface area contributed by atoms with Gasteiger partial charge >= 0.3 is 0 Å². The van der Waals surface area contributed by atoms with Crippen LogP contribution in [0.2, 0.25) is 5.02 Å². The summed E-state index contributed by atoms with van der Waals surface area (Å²) in [6.07, 6.45) is 1.12. The SMILES string of the molecule is CCC(Nc1ccc(Cl)cc1Br)C(C)C. The van der Waals surface area contributed by atoms with Gasteiger partial charge in [0.1, 0.15) is 0 Å². The fourth-order valence-electron chi connectivity index (χ4n) is 1.55. The van der Waals surface area contributed by atoms with E-state index in [9.17, 15) is 0 Å². The predicted octanol–water partition coefficient (Wildman–Crippen LogP) is 4.95. The van der Waals surface area contributed by atoms with E-state index in [1.165, 1.54) is 0 Å². The molecule has 1 aromatic carbocycles. The molecule has 84 valence electrons. The van der Waals surface area contributed by atoms with Crippen molar-refractivity contribution in [2.45, 2.75) is 33.2 Å². The molecule has 0 aliphatic carbocycles. The molecule has 0 heterocycles. The molecule has 0 saturated heterocycles. The predicted molar refractivity (Wildman–Crippen MR) is 71.7 cm³/mol. The molecule has 1 nitrogen and oxygen atoms in total. The highest BCUT2D eigenvalue weighted by Crippen LogP contribution is 2.27. The van der Waals surface area contributed by atoms with E-state index in [1.54, 1.807) is 0 Å². The van der Waals surface area contributed by atoms with Crippen LogP contribution in [0.25, 0.3) is 0 Å². The van der Waals surface area contributed by atoms with Crippen LogP contribution in [0.5, 0.6) is 0 Å². The minimum Gasteiger partial charge on any atom is -0.381 e. The van der Waals surface area contributed by atoms with E-state index in [0.717, 1.165) is 21.6 Å². The first-order valence-electron chi connectivity index (χ1n) is 5.26. The summed E-state index contributed by atoms with van der Waals surface area (Å²) < 4.78 is 1.02. The van der Waals surface area contributed by atoms with E-state index in [1.807, 2.05) is 18.2 Å². The summed E-state index contributed by atoms with van der Waals surface area (Å²) in [5.41, 5.74) is 1.11. The molecule has 0 aliphatic rings. The molecular formula is C12H17BrClN. The van der Waals surface area contributed by atoms with Gasteiger partial charge in [0.05, 0.1) is 0 Å². The molecule has 0 bridgehead atoms. The normalized spacial score (nSPS) is 12.9. The third kappa shape index (κ3) is 3.69. The molecule has 1 N–H and O–H groups in total. The van der Waals surface area contributed by atoms with Crippen molar-refractivity contribution in [2.24, 2.45) is 5.92 Å². The number of rotatable bonds is 4. The van der Waals surface area contributed by atoms with E-state index < -0.39 is 0 Å². The summed E-state index contributed by atoms with van der Waals surface area (Å²) in [5, 5.41) is 4.27. The molecule has 3 heteroatoms. The molecule has 1 rings (SSSR count). The van der Waals surface area contributed by atoms with E-state index in [4.69, 9.17) is 11.6 Å². The maximum Gasteiger partial charge on any atom is 0.0487 e. The van der Waals surface area contributed by atoms with Crippen molar-refractivity contribution in [1.82, 2.24) is 0 Å². The Labute approximate surface area is 105 Å². The quantitative estimate of drug-likeness (QED) is 0.827. The number of hydrogen-bond acceptors (Lipinski definition) is 1. The molecular weight excluding hydrogens is 273 g/mol. The zero-order valence-corrected chi connectivity index (χ0v) is 11.7. The minimum absolute atomic E-state index is 0.502. The van der Waals surface area contributed by atoms with Crippen LogP contribution in [0.4, 0.5) is 5.69 Å². The van der Waals surface area contributed by atoms with Gasteiger partial charge in [-0.05, 0) is 46.5 Å². The lowest BCUT2D eigenvalue weighted by atomic mass is 10.0. The van der Waals surface area contributed by atoms with Gasteiger partial charge in [0, 0.05) is 21.2 Å². The Morgan fingerprint density at radius 3 is 2.53 bits per heavy atom. The van der Waals surface area contributed by atoms with Gasteiger partial charge in [0.25, 0.3) is 0 Å². The highest BCUT2D eigenvalue weighted by Gasteiger charge is 2.11. The van der Waals surface area contributed by atoms with Gasteiger partial charge in [-0.15, -0.1) is 0 Å². The maximum atomic E-state index is 5.89. The Hall–Kier alpha value is -0.210. The summed E-state index contributed by atoms with van der Waals surface area (Å²) in [6, 6.07) is 6.33. The second-order valence-electron chi connectivity index (χ2n) is 4.03. The van der Waals surface area contributed by atoms with Crippen molar-refractivity contribution in [3.05, 3.63) is 27.7 Å². The fraction of sp³-hybridized carbons (Fsp3) is 0.500. The largest absolute Gasteiger partial charge is 0.381 e. The van der Waals surface area contributed by atoms with Crippen molar-refractivity contribution >= 4 is 33.2 Å². The number of benzene rings is 1. The van der Waals surface area contributed by atoms with Crippen molar-refractivity contribution < 1.29 is 0 Å². The molecule has 0 aliphatic heterocycles. The monoisotopic (exact) mass is 289 g/mol. The zero-order valence-electron chi connectivity index (χ0n) is 9.35. The number of hydrogen-bond donors (Lipinski definition) is 1. The van der Waals surface area contributed by atoms with Crippen molar-refractivity contribution in [1.29, 1.82) is 0 Å². The lowest BCUT2D eigenvalue weighted by molar-refractivity contribution is 0.511. The third-order valence-corrected chi connectivity index (χ3v) is 3.41. The maximum absolute atomic E-state index is 5.89. The van der Waals surface area contributed by atoms with Crippen molar-refractivity contribution in [2.75, 3.05) is 5.32 Å². The van der Waals surface area contributed by atoms with Crippen LogP contribution < -0.4 is 5.32 Å². The highest BCUT2D eigenvalue weighted by molar-refractivity contribution is 9.10. The van der Waals surface area contributed by atoms with Crippen molar-refractivity contribution in [3.63, 3.8) is 0 Å². The number of anilines is 1. The lowest BCUT2D eigenvalue weighted by Crippen LogP contribution is -2.24. The van der Waals surface area contributed by atoms with Gasteiger partial charge in [-0.1, -0.05) is 32.4 Å².